The average Bonchev–Trinajstić information content (AvgIpc) is 2.50. The van der Waals surface area contributed by atoms with E-state index < -0.39 is 0 Å². The number of methoxy groups -OCH3 is 1. The lowest BCUT2D eigenvalue weighted by Crippen LogP contribution is -2.12. The number of anilines is 3. The molecule has 0 unspecified atom stereocenters. The van der Waals surface area contributed by atoms with Crippen LogP contribution in [0.2, 0.25) is 0 Å². The number of carbonyl (C=O) groups is 1. The van der Waals surface area contributed by atoms with Crippen LogP contribution in [-0.2, 0) is 4.79 Å². The second-order valence-electron chi connectivity index (χ2n) is 4.93. The molecule has 0 radical (unpaired) electrons. The van der Waals surface area contributed by atoms with E-state index in [4.69, 9.17) is 4.74 Å². The third-order valence-electron chi connectivity index (χ3n) is 3.03. The molecule has 116 valence electrons. The van der Waals surface area contributed by atoms with Gasteiger partial charge in [-0.15, -0.1) is 10.2 Å². The molecule has 2 rings (SSSR count). The number of amides is 1. The molecule has 1 heterocycles. The first-order valence-electron chi connectivity index (χ1n) is 7.17. The Morgan fingerprint density at radius 3 is 2.55 bits per heavy atom. The van der Waals surface area contributed by atoms with Gasteiger partial charge in [0.1, 0.15) is 5.75 Å². The fourth-order valence-electron chi connectivity index (χ4n) is 1.96. The van der Waals surface area contributed by atoms with Gasteiger partial charge in [0.05, 0.1) is 12.8 Å². The normalized spacial score (nSPS) is 10.1. The number of aromatic nitrogens is 2. The van der Waals surface area contributed by atoms with Crippen molar-refractivity contribution in [2.24, 2.45) is 0 Å². The molecular weight excluding hydrogens is 280 g/mol. The second-order valence-corrected chi connectivity index (χ2v) is 4.93. The Morgan fingerprint density at radius 2 is 1.91 bits per heavy atom. The molecule has 1 amide bonds. The SMILES string of the molecule is CCCC(=O)Nc1ccc(Nc2cc(C)ccc2OC)nn1. The van der Waals surface area contributed by atoms with Crippen LogP contribution < -0.4 is 15.4 Å². The lowest BCUT2D eigenvalue weighted by Gasteiger charge is -2.11. The molecular formula is C16H20N4O2. The molecule has 0 fully saturated rings. The van der Waals surface area contributed by atoms with Gasteiger partial charge in [0, 0.05) is 6.42 Å². The lowest BCUT2D eigenvalue weighted by molar-refractivity contribution is -0.116. The summed E-state index contributed by atoms with van der Waals surface area (Å²) >= 11 is 0. The van der Waals surface area contributed by atoms with Gasteiger partial charge in [-0.05, 0) is 43.2 Å². The van der Waals surface area contributed by atoms with Crippen molar-refractivity contribution in [2.75, 3.05) is 17.7 Å². The van der Waals surface area contributed by atoms with E-state index >= 15 is 0 Å². The van der Waals surface area contributed by atoms with E-state index in [2.05, 4.69) is 20.8 Å². The zero-order valence-electron chi connectivity index (χ0n) is 13.0. The van der Waals surface area contributed by atoms with Crippen molar-refractivity contribution in [1.29, 1.82) is 0 Å². The second kappa shape index (κ2) is 7.40. The summed E-state index contributed by atoms with van der Waals surface area (Å²) in [5.74, 6) is 1.70. The average molecular weight is 300 g/mol. The lowest BCUT2D eigenvalue weighted by atomic mass is 10.2. The Hall–Kier alpha value is -2.63. The third-order valence-corrected chi connectivity index (χ3v) is 3.03. The number of nitrogens with zero attached hydrogens (tertiary/aromatic N) is 2. The van der Waals surface area contributed by atoms with Crippen molar-refractivity contribution in [2.45, 2.75) is 26.7 Å². The Morgan fingerprint density at radius 1 is 1.18 bits per heavy atom. The van der Waals surface area contributed by atoms with Gasteiger partial charge in [-0.3, -0.25) is 4.79 Å². The van der Waals surface area contributed by atoms with E-state index in [-0.39, 0.29) is 5.91 Å². The van der Waals surface area contributed by atoms with Crippen LogP contribution in [0.3, 0.4) is 0 Å². The summed E-state index contributed by atoms with van der Waals surface area (Å²) in [5, 5.41) is 13.9. The molecule has 0 aliphatic heterocycles. The predicted molar refractivity (Wildman–Crippen MR) is 86.6 cm³/mol. The zero-order chi connectivity index (χ0) is 15.9. The molecule has 0 spiro atoms. The number of ether oxygens (including phenoxy) is 1. The fraction of sp³-hybridized carbons (Fsp3) is 0.312. The van der Waals surface area contributed by atoms with Crippen molar-refractivity contribution >= 4 is 23.2 Å². The van der Waals surface area contributed by atoms with Crippen molar-refractivity contribution in [3.8, 4) is 5.75 Å². The van der Waals surface area contributed by atoms with Crippen LogP contribution in [-0.4, -0.2) is 23.2 Å². The van der Waals surface area contributed by atoms with Gasteiger partial charge in [0.25, 0.3) is 0 Å². The van der Waals surface area contributed by atoms with Crippen LogP contribution in [0.5, 0.6) is 5.75 Å². The largest absolute Gasteiger partial charge is 0.495 e. The minimum absolute atomic E-state index is 0.0575. The first-order chi connectivity index (χ1) is 10.6. The fourth-order valence-corrected chi connectivity index (χ4v) is 1.96. The van der Waals surface area contributed by atoms with Crippen LogP contribution in [0.25, 0.3) is 0 Å². The van der Waals surface area contributed by atoms with Gasteiger partial charge in [0.15, 0.2) is 11.6 Å². The quantitative estimate of drug-likeness (QED) is 0.856. The van der Waals surface area contributed by atoms with Gasteiger partial charge in [-0.1, -0.05) is 13.0 Å². The van der Waals surface area contributed by atoms with Gasteiger partial charge in [0.2, 0.25) is 5.91 Å². The minimum Gasteiger partial charge on any atom is -0.495 e. The molecule has 2 aromatic rings. The Labute approximate surface area is 129 Å². The van der Waals surface area contributed by atoms with Gasteiger partial charge in [-0.2, -0.15) is 0 Å². The zero-order valence-corrected chi connectivity index (χ0v) is 13.0. The van der Waals surface area contributed by atoms with Crippen molar-refractivity contribution in [3.63, 3.8) is 0 Å². The standard InChI is InChI=1S/C16H20N4O2/c1-4-5-16(21)18-15-9-8-14(19-20-15)17-12-10-11(2)6-7-13(12)22-3/h6-10H,4-5H2,1-3H3,(H,17,19)(H,18,20,21). The van der Waals surface area contributed by atoms with Crippen molar-refractivity contribution < 1.29 is 9.53 Å². The highest BCUT2D eigenvalue weighted by Crippen LogP contribution is 2.27. The Balaban J connectivity index is 2.08. The molecule has 0 bridgehead atoms. The van der Waals surface area contributed by atoms with E-state index in [1.807, 2.05) is 32.0 Å². The number of rotatable bonds is 6. The van der Waals surface area contributed by atoms with Crippen LogP contribution in [0.15, 0.2) is 30.3 Å². The molecule has 22 heavy (non-hydrogen) atoms. The summed E-state index contributed by atoms with van der Waals surface area (Å²) in [5.41, 5.74) is 1.93. The number of benzene rings is 1. The van der Waals surface area contributed by atoms with Crippen LogP contribution in [0.1, 0.15) is 25.3 Å². The van der Waals surface area contributed by atoms with E-state index in [0.29, 0.717) is 18.1 Å². The maximum atomic E-state index is 11.5. The molecule has 6 nitrogen and oxygen atoms in total. The topological polar surface area (TPSA) is 76.1 Å². The number of carbonyl (C=O) groups excluding carboxylic acids is 1. The number of nitrogens with one attached hydrogen (secondary N) is 2. The summed E-state index contributed by atoms with van der Waals surface area (Å²) in [6.45, 7) is 3.95. The maximum absolute atomic E-state index is 11.5. The van der Waals surface area contributed by atoms with E-state index in [1.165, 1.54) is 0 Å². The number of hydrogen-bond acceptors (Lipinski definition) is 5. The van der Waals surface area contributed by atoms with Gasteiger partial charge < -0.3 is 15.4 Å². The van der Waals surface area contributed by atoms with Crippen molar-refractivity contribution in [1.82, 2.24) is 10.2 Å². The molecule has 2 N–H and O–H groups in total. The molecule has 0 saturated heterocycles. The highest BCUT2D eigenvalue weighted by molar-refractivity contribution is 5.89. The summed E-state index contributed by atoms with van der Waals surface area (Å²) < 4.78 is 5.31. The first kappa shape index (κ1) is 15.8. The van der Waals surface area contributed by atoms with Crippen LogP contribution in [0, 0.1) is 6.92 Å². The first-order valence-corrected chi connectivity index (χ1v) is 7.17. The third kappa shape index (κ3) is 4.18. The molecule has 1 aromatic carbocycles. The molecule has 0 saturated carbocycles. The van der Waals surface area contributed by atoms with Crippen LogP contribution >= 0.6 is 0 Å². The Kier molecular flexibility index (Phi) is 5.30. The van der Waals surface area contributed by atoms with E-state index in [9.17, 15) is 4.79 Å². The number of hydrogen-bond donors (Lipinski definition) is 2. The minimum atomic E-state index is -0.0575. The number of aryl methyl sites for hydroxylation is 1. The Bertz CT molecular complexity index is 641. The molecule has 6 heteroatoms. The molecule has 0 atom stereocenters. The summed E-state index contributed by atoms with van der Waals surface area (Å²) in [6, 6.07) is 9.31. The predicted octanol–water partition coefficient (Wildman–Crippen LogP) is 3.28. The molecule has 1 aromatic heterocycles. The summed E-state index contributed by atoms with van der Waals surface area (Å²) in [6.07, 6.45) is 1.27. The van der Waals surface area contributed by atoms with E-state index in [0.717, 1.165) is 23.4 Å². The van der Waals surface area contributed by atoms with Gasteiger partial charge in [-0.25, -0.2) is 0 Å². The maximum Gasteiger partial charge on any atom is 0.225 e. The summed E-state index contributed by atoms with van der Waals surface area (Å²) in [4.78, 5) is 11.5. The highest BCUT2D eigenvalue weighted by atomic mass is 16.5. The van der Waals surface area contributed by atoms with E-state index in [1.54, 1.807) is 19.2 Å². The van der Waals surface area contributed by atoms with Crippen LogP contribution in [0.4, 0.5) is 17.3 Å². The molecule has 0 aliphatic rings. The van der Waals surface area contributed by atoms with Gasteiger partial charge >= 0.3 is 0 Å². The smallest absolute Gasteiger partial charge is 0.225 e. The summed E-state index contributed by atoms with van der Waals surface area (Å²) in [7, 11) is 1.62. The molecule has 0 aliphatic carbocycles. The van der Waals surface area contributed by atoms with Crippen molar-refractivity contribution in [3.05, 3.63) is 35.9 Å². The highest BCUT2D eigenvalue weighted by Gasteiger charge is 2.06. The monoisotopic (exact) mass is 300 g/mol.